The number of carbonyl (C=O) groups excluding carboxylic acids is 2. The number of nitrogens with zero attached hydrogens (tertiary/aromatic N) is 1. The first kappa shape index (κ1) is 13.9. The Bertz CT molecular complexity index is 774. The van der Waals surface area contributed by atoms with Gasteiger partial charge in [-0.2, -0.15) is 0 Å². The second-order valence-electron chi connectivity index (χ2n) is 4.64. The van der Waals surface area contributed by atoms with Gasteiger partial charge in [0.05, 0.1) is 27.8 Å². The summed E-state index contributed by atoms with van der Waals surface area (Å²) in [7, 11) is 0. The Morgan fingerprint density at radius 1 is 1.05 bits per heavy atom. The van der Waals surface area contributed by atoms with Crippen LogP contribution in [0.4, 0.5) is 5.69 Å². The molecule has 1 aliphatic heterocycles. The number of Topliss-reactive ketones (excluding diaryl/α,β-unsaturated/α-hetero) is 1. The van der Waals surface area contributed by atoms with Gasteiger partial charge in [-0.1, -0.05) is 35.3 Å². The van der Waals surface area contributed by atoms with Crippen LogP contribution in [-0.4, -0.2) is 16.8 Å². The summed E-state index contributed by atoms with van der Waals surface area (Å²) in [5.74, 6) is -1.26. The Morgan fingerprint density at radius 3 is 2.48 bits per heavy atom. The molecule has 3 rings (SSSR count). The molecule has 0 radical (unpaired) electrons. The molecule has 1 N–H and O–H groups in total. The third-order valence-corrected chi connectivity index (χ3v) is 3.89. The number of ketones is 1. The Hall–Kier alpha value is -2.04. The van der Waals surface area contributed by atoms with Crippen LogP contribution in [0, 0.1) is 0 Å². The molecule has 0 atom stereocenters. The van der Waals surface area contributed by atoms with Crippen molar-refractivity contribution in [3.8, 4) is 5.75 Å². The maximum absolute atomic E-state index is 12.2. The van der Waals surface area contributed by atoms with Gasteiger partial charge in [0.2, 0.25) is 0 Å². The Balaban J connectivity index is 2.08. The van der Waals surface area contributed by atoms with Crippen LogP contribution in [0.1, 0.15) is 15.9 Å². The molecule has 2 aromatic rings. The minimum absolute atomic E-state index is 0.0860. The fraction of sp³-hybridized carbons (Fsp3) is 0.0667. The molecule has 21 heavy (non-hydrogen) atoms. The standard InChI is InChI=1S/C15H9Cl2NO3/c16-10-4-5-11(17)13-12(10)14(20)15(21)18(13)7-8-2-1-3-9(19)6-8/h1-6,19H,7H2. The number of anilines is 1. The molecule has 0 aliphatic carbocycles. The number of phenols is 1. The summed E-state index contributed by atoms with van der Waals surface area (Å²) in [6.45, 7) is 0.131. The first-order chi connectivity index (χ1) is 9.99. The van der Waals surface area contributed by atoms with Gasteiger partial charge >= 0.3 is 0 Å². The zero-order valence-corrected chi connectivity index (χ0v) is 12.1. The van der Waals surface area contributed by atoms with E-state index in [0.29, 0.717) is 11.3 Å². The van der Waals surface area contributed by atoms with Crippen LogP contribution < -0.4 is 4.90 Å². The number of aromatic hydroxyl groups is 1. The zero-order valence-electron chi connectivity index (χ0n) is 10.6. The van der Waals surface area contributed by atoms with Gasteiger partial charge in [0.1, 0.15) is 5.75 Å². The summed E-state index contributed by atoms with van der Waals surface area (Å²) in [5.41, 5.74) is 1.14. The summed E-state index contributed by atoms with van der Waals surface area (Å²) in [5, 5.41) is 9.97. The van der Waals surface area contributed by atoms with Crippen LogP contribution in [0.25, 0.3) is 0 Å². The van der Waals surface area contributed by atoms with Gasteiger partial charge in [0, 0.05) is 0 Å². The molecule has 2 aromatic carbocycles. The number of carbonyl (C=O) groups is 2. The fourth-order valence-electron chi connectivity index (χ4n) is 2.34. The summed E-state index contributed by atoms with van der Waals surface area (Å²) < 4.78 is 0. The molecule has 0 bridgehead atoms. The average molecular weight is 322 g/mol. The minimum Gasteiger partial charge on any atom is -0.508 e. The third-order valence-electron chi connectivity index (χ3n) is 3.27. The minimum atomic E-state index is -0.677. The molecule has 0 aromatic heterocycles. The predicted octanol–water partition coefficient (Wildman–Crippen LogP) is 3.43. The number of rotatable bonds is 2. The number of amides is 1. The van der Waals surface area contributed by atoms with Gasteiger partial charge in [-0.3, -0.25) is 14.5 Å². The van der Waals surface area contributed by atoms with E-state index in [0.717, 1.165) is 0 Å². The van der Waals surface area contributed by atoms with Crippen LogP contribution in [0.2, 0.25) is 10.0 Å². The molecule has 4 nitrogen and oxygen atoms in total. The van der Waals surface area contributed by atoms with Crippen molar-refractivity contribution in [1.82, 2.24) is 0 Å². The van der Waals surface area contributed by atoms with Gasteiger partial charge in [0.15, 0.2) is 0 Å². The molecule has 106 valence electrons. The summed E-state index contributed by atoms with van der Waals surface area (Å²) in [4.78, 5) is 25.5. The number of benzene rings is 2. The topological polar surface area (TPSA) is 57.6 Å². The zero-order chi connectivity index (χ0) is 15.1. The third kappa shape index (κ3) is 2.26. The van der Waals surface area contributed by atoms with Crippen molar-refractivity contribution in [2.24, 2.45) is 0 Å². The first-order valence-corrected chi connectivity index (χ1v) is 6.86. The lowest BCUT2D eigenvalue weighted by Crippen LogP contribution is -2.29. The number of hydrogen-bond acceptors (Lipinski definition) is 3. The van der Waals surface area contributed by atoms with Gasteiger partial charge in [-0.25, -0.2) is 0 Å². The average Bonchev–Trinajstić information content (AvgIpc) is 2.69. The molecule has 1 heterocycles. The highest BCUT2D eigenvalue weighted by Gasteiger charge is 2.39. The summed E-state index contributed by atoms with van der Waals surface area (Å²) in [6.07, 6.45) is 0. The molecule has 0 spiro atoms. The molecule has 1 aliphatic rings. The molecule has 6 heteroatoms. The molecule has 0 saturated heterocycles. The normalized spacial score (nSPS) is 13.7. The number of hydrogen-bond donors (Lipinski definition) is 1. The second kappa shape index (κ2) is 5.06. The maximum atomic E-state index is 12.2. The van der Waals surface area contributed by atoms with Crippen LogP contribution in [0.15, 0.2) is 36.4 Å². The van der Waals surface area contributed by atoms with Crippen LogP contribution in [0.3, 0.4) is 0 Å². The van der Waals surface area contributed by atoms with E-state index < -0.39 is 11.7 Å². The molecule has 1 amide bonds. The molecular weight excluding hydrogens is 313 g/mol. The Labute approximate surface area is 130 Å². The van der Waals surface area contributed by atoms with E-state index in [1.54, 1.807) is 18.2 Å². The molecule has 0 unspecified atom stereocenters. The van der Waals surface area contributed by atoms with Gasteiger partial charge in [-0.15, -0.1) is 0 Å². The largest absolute Gasteiger partial charge is 0.508 e. The highest BCUT2D eigenvalue weighted by molar-refractivity contribution is 6.56. The smallest absolute Gasteiger partial charge is 0.299 e. The van der Waals surface area contributed by atoms with E-state index in [-0.39, 0.29) is 27.9 Å². The lowest BCUT2D eigenvalue weighted by Gasteiger charge is -2.18. The SMILES string of the molecule is O=C1C(=O)N(Cc2cccc(O)c2)c2c(Cl)ccc(Cl)c21. The predicted molar refractivity (Wildman–Crippen MR) is 80.1 cm³/mol. The Morgan fingerprint density at radius 2 is 1.76 bits per heavy atom. The van der Waals surface area contributed by atoms with Gasteiger partial charge in [0.25, 0.3) is 11.7 Å². The van der Waals surface area contributed by atoms with Crippen molar-refractivity contribution in [1.29, 1.82) is 0 Å². The number of fused-ring (bicyclic) bond motifs is 1. The number of halogens is 2. The first-order valence-electron chi connectivity index (χ1n) is 6.11. The van der Waals surface area contributed by atoms with Crippen molar-refractivity contribution < 1.29 is 14.7 Å². The number of phenolic OH excluding ortho intramolecular Hbond substituents is 1. The quantitative estimate of drug-likeness (QED) is 0.862. The van der Waals surface area contributed by atoms with Gasteiger partial charge in [-0.05, 0) is 29.8 Å². The van der Waals surface area contributed by atoms with Crippen molar-refractivity contribution in [3.63, 3.8) is 0 Å². The van der Waals surface area contributed by atoms with Crippen molar-refractivity contribution in [2.45, 2.75) is 6.54 Å². The van der Waals surface area contributed by atoms with Crippen molar-refractivity contribution in [3.05, 3.63) is 57.6 Å². The fourth-order valence-corrected chi connectivity index (χ4v) is 2.84. The monoisotopic (exact) mass is 321 g/mol. The van der Waals surface area contributed by atoms with Crippen LogP contribution >= 0.6 is 23.2 Å². The molecule has 0 saturated carbocycles. The van der Waals surface area contributed by atoms with Crippen molar-refractivity contribution >= 4 is 40.6 Å². The lowest BCUT2D eigenvalue weighted by atomic mass is 10.1. The van der Waals surface area contributed by atoms with E-state index in [4.69, 9.17) is 23.2 Å². The van der Waals surface area contributed by atoms with E-state index >= 15 is 0 Å². The van der Waals surface area contributed by atoms with E-state index in [1.807, 2.05) is 0 Å². The van der Waals surface area contributed by atoms with Gasteiger partial charge < -0.3 is 5.11 Å². The maximum Gasteiger partial charge on any atom is 0.299 e. The van der Waals surface area contributed by atoms with Crippen LogP contribution in [-0.2, 0) is 11.3 Å². The highest BCUT2D eigenvalue weighted by atomic mass is 35.5. The summed E-state index contributed by atoms with van der Waals surface area (Å²) >= 11 is 12.1. The van der Waals surface area contributed by atoms with Crippen molar-refractivity contribution in [2.75, 3.05) is 4.90 Å². The van der Waals surface area contributed by atoms with E-state index in [2.05, 4.69) is 0 Å². The van der Waals surface area contributed by atoms with E-state index in [1.165, 1.54) is 23.1 Å². The molecule has 0 fully saturated rings. The lowest BCUT2D eigenvalue weighted by molar-refractivity contribution is -0.114. The van der Waals surface area contributed by atoms with Crippen LogP contribution in [0.5, 0.6) is 5.75 Å². The van der Waals surface area contributed by atoms with E-state index in [9.17, 15) is 14.7 Å². The molecular formula is C15H9Cl2NO3. The second-order valence-corrected chi connectivity index (χ2v) is 5.46. The summed E-state index contributed by atoms with van der Waals surface area (Å²) in [6, 6.07) is 9.49. The Kier molecular flexibility index (Phi) is 3.35. The highest BCUT2D eigenvalue weighted by Crippen LogP contribution is 2.40.